The summed E-state index contributed by atoms with van der Waals surface area (Å²) in [7, 11) is -0.863. The number of carbonyl (C=O) groups excluding carboxylic acids is 2. The number of nitrogens with zero attached hydrogens (tertiary/aromatic N) is 1. The summed E-state index contributed by atoms with van der Waals surface area (Å²) in [5, 5.41) is 2.92. The molecule has 2 amide bonds. The quantitative estimate of drug-likeness (QED) is 0.789. The summed E-state index contributed by atoms with van der Waals surface area (Å²) in [5.41, 5.74) is 0. The van der Waals surface area contributed by atoms with E-state index in [1.165, 1.54) is 0 Å². The molecule has 2 rings (SSSR count). The van der Waals surface area contributed by atoms with Gasteiger partial charge in [0.05, 0.1) is 0 Å². The van der Waals surface area contributed by atoms with Crippen molar-refractivity contribution in [1.82, 2.24) is 10.2 Å². The summed E-state index contributed by atoms with van der Waals surface area (Å²) in [6, 6.07) is -0.322. The van der Waals surface area contributed by atoms with Crippen molar-refractivity contribution >= 4 is 22.6 Å². The minimum Gasteiger partial charge on any atom is -0.344 e. The number of amides is 2. The fourth-order valence-electron chi connectivity index (χ4n) is 2.33. The van der Waals surface area contributed by atoms with Gasteiger partial charge in [-0.05, 0) is 25.2 Å². The van der Waals surface area contributed by atoms with Crippen LogP contribution in [0, 0.1) is 5.92 Å². The van der Waals surface area contributed by atoms with Crippen molar-refractivity contribution < 1.29 is 13.8 Å². The molecule has 0 spiro atoms. The molecule has 3 atom stereocenters. The van der Waals surface area contributed by atoms with Crippen LogP contribution < -0.4 is 5.32 Å². The molecular formula is C13H22N2O3S. The fourth-order valence-corrected chi connectivity index (χ4v) is 2.76. The summed E-state index contributed by atoms with van der Waals surface area (Å²) in [6.45, 7) is 3.01. The molecule has 1 N–H and O–H groups in total. The Bertz CT molecular complexity index is 395. The lowest BCUT2D eigenvalue weighted by atomic mass is 10.1. The molecule has 0 aromatic carbocycles. The highest BCUT2D eigenvalue weighted by Crippen LogP contribution is 2.34. The number of nitrogens with one attached hydrogen (secondary N) is 1. The molecule has 1 saturated heterocycles. The van der Waals surface area contributed by atoms with Crippen molar-refractivity contribution in [2.75, 3.05) is 19.3 Å². The number of hydrogen-bond donors (Lipinski definition) is 1. The van der Waals surface area contributed by atoms with E-state index < -0.39 is 10.8 Å². The van der Waals surface area contributed by atoms with Crippen molar-refractivity contribution in [1.29, 1.82) is 0 Å². The largest absolute Gasteiger partial charge is 0.344 e. The van der Waals surface area contributed by atoms with Crippen molar-refractivity contribution in [3.63, 3.8) is 0 Å². The van der Waals surface area contributed by atoms with Gasteiger partial charge in [-0.3, -0.25) is 13.8 Å². The maximum atomic E-state index is 12.4. The van der Waals surface area contributed by atoms with Gasteiger partial charge in [-0.25, -0.2) is 0 Å². The molecule has 1 aliphatic heterocycles. The van der Waals surface area contributed by atoms with E-state index in [0.29, 0.717) is 25.4 Å². The maximum Gasteiger partial charge on any atom is 0.245 e. The van der Waals surface area contributed by atoms with Gasteiger partial charge in [0, 0.05) is 41.8 Å². The zero-order valence-corrected chi connectivity index (χ0v) is 12.4. The number of rotatable bonds is 5. The van der Waals surface area contributed by atoms with Gasteiger partial charge >= 0.3 is 0 Å². The van der Waals surface area contributed by atoms with Crippen LogP contribution in [0.1, 0.15) is 32.6 Å². The molecule has 0 aromatic rings. The van der Waals surface area contributed by atoms with E-state index in [0.717, 1.165) is 19.3 Å². The molecule has 1 saturated carbocycles. The topological polar surface area (TPSA) is 66.5 Å². The van der Waals surface area contributed by atoms with Gasteiger partial charge in [0.2, 0.25) is 11.8 Å². The van der Waals surface area contributed by atoms with Gasteiger partial charge in [0.25, 0.3) is 0 Å². The van der Waals surface area contributed by atoms with E-state index in [9.17, 15) is 13.8 Å². The van der Waals surface area contributed by atoms with E-state index in [1.54, 1.807) is 11.2 Å². The Morgan fingerprint density at radius 2 is 2.11 bits per heavy atom. The molecule has 0 radical (unpaired) electrons. The van der Waals surface area contributed by atoms with Crippen LogP contribution in [-0.2, 0) is 20.4 Å². The van der Waals surface area contributed by atoms with Crippen LogP contribution in [0.5, 0.6) is 0 Å². The predicted molar refractivity (Wildman–Crippen MR) is 74.0 cm³/mol. The Morgan fingerprint density at radius 3 is 2.68 bits per heavy atom. The minimum absolute atomic E-state index is 0.0279. The molecule has 3 unspecified atom stereocenters. The van der Waals surface area contributed by atoms with E-state index >= 15 is 0 Å². The summed E-state index contributed by atoms with van der Waals surface area (Å²) < 4.78 is 11.3. The Labute approximate surface area is 116 Å². The summed E-state index contributed by atoms with van der Waals surface area (Å²) >= 11 is 0. The molecule has 108 valence electrons. The highest BCUT2D eigenvalue weighted by atomic mass is 32.2. The van der Waals surface area contributed by atoms with Crippen LogP contribution in [0.25, 0.3) is 0 Å². The highest BCUT2D eigenvalue weighted by molar-refractivity contribution is 7.84. The Morgan fingerprint density at radius 1 is 1.42 bits per heavy atom. The second kappa shape index (κ2) is 6.03. The first kappa shape index (κ1) is 14.5. The lowest BCUT2D eigenvalue weighted by Gasteiger charge is -2.25. The third kappa shape index (κ3) is 3.78. The van der Waals surface area contributed by atoms with Crippen LogP contribution in [0.15, 0.2) is 0 Å². The SMILES string of the molecule is CC(CCN1CCC(=O)NC(C2CC2)C1=O)S(C)=O. The standard InChI is InChI=1S/C13H22N2O3S/c1-9(19(2)18)5-7-15-8-6-11(16)14-12(13(15)17)10-3-4-10/h9-10,12H,3-8H2,1-2H3,(H,14,16). The van der Waals surface area contributed by atoms with Crippen LogP contribution in [0.2, 0.25) is 0 Å². The lowest BCUT2D eigenvalue weighted by Crippen LogP contribution is -2.46. The zero-order chi connectivity index (χ0) is 14.0. The molecule has 5 nitrogen and oxygen atoms in total. The Hall–Kier alpha value is -0.910. The summed E-state index contributed by atoms with van der Waals surface area (Å²) in [5.74, 6) is 0.345. The lowest BCUT2D eigenvalue weighted by molar-refractivity contribution is -0.134. The first-order valence-electron chi connectivity index (χ1n) is 6.89. The number of hydrogen-bond acceptors (Lipinski definition) is 3. The van der Waals surface area contributed by atoms with Crippen LogP contribution >= 0.6 is 0 Å². The van der Waals surface area contributed by atoms with Gasteiger partial charge in [0.15, 0.2) is 0 Å². The van der Waals surface area contributed by atoms with Crippen molar-refractivity contribution in [2.24, 2.45) is 5.92 Å². The van der Waals surface area contributed by atoms with Crippen LogP contribution in [0.4, 0.5) is 0 Å². The monoisotopic (exact) mass is 286 g/mol. The minimum atomic E-state index is -0.863. The second-order valence-corrected chi connectivity index (χ2v) is 7.36. The van der Waals surface area contributed by atoms with Crippen molar-refractivity contribution in [2.45, 2.75) is 43.9 Å². The first-order chi connectivity index (χ1) is 8.99. The average molecular weight is 286 g/mol. The van der Waals surface area contributed by atoms with Gasteiger partial charge in [-0.15, -0.1) is 0 Å². The Balaban J connectivity index is 1.96. The Kier molecular flexibility index (Phi) is 4.60. The van der Waals surface area contributed by atoms with Crippen LogP contribution in [-0.4, -0.2) is 51.6 Å². The van der Waals surface area contributed by atoms with Gasteiger partial charge in [-0.1, -0.05) is 6.92 Å². The maximum absolute atomic E-state index is 12.4. The molecule has 0 aromatic heterocycles. The molecule has 2 aliphatic rings. The predicted octanol–water partition coefficient (Wildman–Crippen LogP) is 0.271. The molecular weight excluding hydrogens is 264 g/mol. The van der Waals surface area contributed by atoms with Crippen LogP contribution in [0.3, 0.4) is 0 Å². The zero-order valence-electron chi connectivity index (χ0n) is 11.6. The third-order valence-electron chi connectivity index (χ3n) is 3.97. The highest BCUT2D eigenvalue weighted by Gasteiger charge is 2.40. The van der Waals surface area contributed by atoms with E-state index in [4.69, 9.17) is 0 Å². The average Bonchev–Trinajstić information content (AvgIpc) is 3.18. The van der Waals surface area contributed by atoms with Gasteiger partial charge < -0.3 is 10.2 Å². The van der Waals surface area contributed by atoms with E-state index in [-0.39, 0.29) is 23.1 Å². The second-order valence-electron chi connectivity index (χ2n) is 5.56. The van der Waals surface area contributed by atoms with Crippen molar-refractivity contribution in [3.05, 3.63) is 0 Å². The normalized spacial score (nSPS) is 27.7. The van der Waals surface area contributed by atoms with Gasteiger partial charge in [0.1, 0.15) is 6.04 Å². The molecule has 1 heterocycles. The van der Waals surface area contributed by atoms with E-state index in [2.05, 4.69) is 5.32 Å². The summed E-state index contributed by atoms with van der Waals surface area (Å²) in [4.78, 5) is 25.8. The fraction of sp³-hybridized carbons (Fsp3) is 0.846. The number of carbonyl (C=O) groups is 2. The van der Waals surface area contributed by atoms with Crippen molar-refractivity contribution in [3.8, 4) is 0 Å². The summed E-state index contributed by atoms with van der Waals surface area (Å²) in [6.07, 6.45) is 4.84. The molecule has 0 bridgehead atoms. The first-order valence-corrected chi connectivity index (χ1v) is 8.51. The smallest absolute Gasteiger partial charge is 0.245 e. The third-order valence-corrected chi connectivity index (χ3v) is 5.34. The molecule has 2 fully saturated rings. The molecule has 19 heavy (non-hydrogen) atoms. The van der Waals surface area contributed by atoms with E-state index in [1.807, 2.05) is 6.92 Å². The molecule has 1 aliphatic carbocycles. The molecule has 6 heteroatoms. The van der Waals surface area contributed by atoms with Gasteiger partial charge in [-0.2, -0.15) is 0 Å².